The maximum Gasteiger partial charge on any atom is 0.252 e. The second-order valence-corrected chi connectivity index (χ2v) is 4.05. The van der Waals surface area contributed by atoms with Crippen LogP contribution in [0.3, 0.4) is 0 Å². The number of likely N-dealkylation sites (N-methyl/N-ethyl adjacent to an activating group) is 1. The van der Waals surface area contributed by atoms with E-state index < -0.39 is 11.9 Å². The molecule has 1 aliphatic heterocycles. The fourth-order valence-electron chi connectivity index (χ4n) is 1.72. The van der Waals surface area contributed by atoms with Crippen molar-refractivity contribution in [2.24, 2.45) is 0 Å². The second kappa shape index (κ2) is 4.47. The molecule has 0 saturated carbocycles. The maximum atomic E-state index is 11.6. The van der Waals surface area contributed by atoms with Gasteiger partial charge < -0.3 is 11.1 Å². The molecular weight excluding hydrogens is 238 g/mol. The molecule has 1 aromatic heterocycles. The molecule has 0 spiro atoms. The van der Waals surface area contributed by atoms with Crippen molar-refractivity contribution >= 4 is 23.5 Å². The number of nitrogen functional groups attached to an aromatic ring is 1. The molecule has 18 heavy (non-hydrogen) atoms. The van der Waals surface area contributed by atoms with Gasteiger partial charge in [-0.15, -0.1) is 0 Å². The van der Waals surface area contributed by atoms with Crippen molar-refractivity contribution in [2.75, 3.05) is 12.8 Å². The number of hydrogen-bond acceptors (Lipinski definition) is 5. The van der Waals surface area contributed by atoms with Crippen molar-refractivity contribution < 1.29 is 14.4 Å². The summed E-state index contributed by atoms with van der Waals surface area (Å²) in [4.78, 5) is 35.5. The zero-order valence-electron chi connectivity index (χ0n) is 9.79. The largest absolute Gasteiger partial charge is 0.382 e. The number of amides is 3. The average molecular weight is 251 g/mol. The first-order chi connectivity index (χ1) is 8.47. The Balaban J connectivity index is 1.92. The average Bonchev–Trinajstić information content (AvgIpc) is 2.80. The third-order valence-electron chi connectivity index (χ3n) is 2.68. The van der Waals surface area contributed by atoms with Gasteiger partial charge in [-0.05, 0) is 6.07 Å². The molecule has 8 nitrogen and oxygen atoms in total. The highest BCUT2D eigenvalue weighted by Gasteiger charge is 2.36. The van der Waals surface area contributed by atoms with Crippen molar-refractivity contribution in [3.63, 3.8) is 0 Å². The molecule has 3 amide bonds. The summed E-state index contributed by atoms with van der Waals surface area (Å²) in [7, 11) is 1.39. The Bertz CT molecular complexity index is 509. The molecule has 96 valence electrons. The second-order valence-electron chi connectivity index (χ2n) is 4.05. The molecule has 1 aliphatic rings. The zero-order chi connectivity index (χ0) is 13.3. The first kappa shape index (κ1) is 12.1. The van der Waals surface area contributed by atoms with Crippen LogP contribution < -0.4 is 11.1 Å². The Morgan fingerprint density at radius 3 is 2.83 bits per heavy atom. The molecule has 0 aliphatic carbocycles. The van der Waals surface area contributed by atoms with Gasteiger partial charge in [-0.2, -0.15) is 5.10 Å². The van der Waals surface area contributed by atoms with Crippen molar-refractivity contribution in [3.05, 3.63) is 12.3 Å². The predicted octanol–water partition coefficient (Wildman–Crippen LogP) is -1.66. The van der Waals surface area contributed by atoms with Gasteiger partial charge >= 0.3 is 0 Å². The van der Waals surface area contributed by atoms with Gasteiger partial charge in [0, 0.05) is 13.2 Å². The van der Waals surface area contributed by atoms with E-state index >= 15 is 0 Å². The van der Waals surface area contributed by atoms with Gasteiger partial charge in [0.2, 0.25) is 11.8 Å². The van der Waals surface area contributed by atoms with Crippen LogP contribution in [0.25, 0.3) is 0 Å². The summed E-state index contributed by atoms with van der Waals surface area (Å²) in [5.41, 5.74) is 5.41. The third-order valence-corrected chi connectivity index (χ3v) is 2.68. The highest BCUT2D eigenvalue weighted by Crippen LogP contribution is 2.10. The van der Waals surface area contributed by atoms with Crippen LogP contribution in [0.5, 0.6) is 0 Å². The number of anilines is 1. The summed E-state index contributed by atoms with van der Waals surface area (Å²) in [5.74, 6) is -0.767. The maximum absolute atomic E-state index is 11.6. The standard InChI is InChI=1S/C10H13N5O3/c1-14-9(17)4-6(10(14)18)12-8(16)5-15-3-2-7(11)13-15/h2-3,6H,4-5H2,1H3,(H2,11,13)(H,12,16). The molecule has 1 unspecified atom stereocenters. The molecule has 2 rings (SSSR count). The fraction of sp³-hybridized carbons (Fsp3) is 0.400. The third kappa shape index (κ3) is 2.31. The van der Waals surface area contributed by atoms with E-state index in [2.05, 4.69) is 10.4 Å². The molecule has 1 aromatic rings. The van der Waals surface area contributed by atoms with E-state index in [0.29, 0.717) is 5.82 Å². The van der Waals surface area contributed by atoms with Gasteiger partial charge in [-0.3, -0.25) is 24.0 Å². The summed E-state index contributed by atoms with van der Waals surface area (Å²) in [6, 6.07) is 0.786. The van der Waals surface area contributed by atoms with E-state index in [1.165, 1.54) is 11.7 Å². The first-order valence-electron chi connectivity index (χ1n) is 5.36. The van der Waals surface area contributed by atoms with Crippen molar-refractivity contribution in [3.8, 4) is 0 Å². The molecule has 0 aromatic carbocycles. The van der Waals surface area contributed by atoms with E-state index in [4.69, 9.17) is 5.73 Å². The Morgan fingerprint density at radius 2 is 2.33 bits per heavy atom. The number of carbonyl (C=O) groups excluding carboxylic acids is 3. The van der Waals surface area contributed by atoms with E-state index in [9.17, 15) is 14.4 Å². The summed E-state index contributed by atoms with van der Waals surface area (Å²) >= 11 is 0. The molecule has 3 N–H and O–H groups in total. The quantitative estimate of drug-likeness (QED) is 0.625. The van der Waals surface area contributed by atoms with Gasteiger partial charge in [0.1, 0.15) is 18.4 Å². The number of aromatic nitrogens is 2. The van der Waals surface area contributed by atoms with Gasteiger partial charge in [0.25, 0.3) is 5.91 Å². The Kier molecular flexibility index (Phi) is 3.00. The zero-order valence-corrected chi connectivity index (χ0v) is 9.79. The van der Waals surface area contributed by atoms with Crippen LogP contribution in [0.15, 0.2) is 12.3 Å². The summed E-state index contributed by atoms with van der Waals surface area (Å²) in [6.45, 7) is -0.0428. The minimum atomic E-state index is -0.775. The SMILES string of the molecule is CN1C(=O)CC(NC(=O)Cn2ccc(N)n2)C1=O. The molecule has 0 bridgehead atoms. The molecule has 1 atom stereocenters. The number of hydrogen-bond donors (Lipinski definition) is 2. The molecule has 8 heteroatoms. The van der Waals surface area contributed by atoms with Gasteiger partial charge in [0.05, 0.1) is 6.42 Å². The lowest BCUT2D eigenvalue weighted by Crippen LogP contribution is -2.42. The van der Waals surface area contributed by atoms with E-state index in [1.54, 1.807) is 12.3 Å². The van der Waals surface area contributed by atoms with Crippen LogP contribution in [0.1, 0.15) is 6.42 Å². The monoisotopic (exact) mass is 251 g/mol. The van der Waals surface area contributed by atoms with Gasteiger partial charge in [-0.1, -0.05) is 0 Å². The van der Waals surface area contributed by atoms with Gasteiger partial charge in [-0.25, -0.2) is 0 Å². The molecule has 1 fully saturated rings. The Labute approximate surface area is 103 Å². The lowest BCUT2D eigenvalue weighted by molar-refractivity contribution is -0.138. The Hall–Kier alpha value is -2.38. The summed E-state index contributed by atoms with van der Waals surface area (Å²) < 4.78 is 1.36. The van der Waals surface area contributed by atoms with Crippen molar-refractivity contribution in [2.45, 2.75) is 19.0 Å². The van der Waals surface area contributed by atoms with E-state index in [-0.39, 0.29) is 24.8 Å². The summed E-state index contributed by atoms with van der Waals surface area (Å²) in [6.07, 6.45) is 1.56. The van der Waals surface area contributed by atoms with Crippen LogP contribution in [0.2, 0.25) is 0 Å². The lowest BCUT2D eigenvalue weighted by atomic mass is 10.2. The molecule has 0 radical (unpaired) electrons. The highest BCUT2D eigenvalue weighted by atomic mass is 16.2. The normalized spacial score (nSPS) is 19.4. The minimum absolute atomic E-state index is 0.00230. The number of carbonyl (C=O) groups is 3. The fourth-order valence-corrected chi connectivity index (χ4v) is 1.72. The number of likely N-dealkylation sites (tertiary alicyclic amines) is 1. The number of imide groups is 1. The van der Waals surface area contributed by atoms with Crippen LogP contribution >= 0.6 is 0 Å². The van der Waals surface area contributed by atoms with Crippen LogP contribution in [0.4, 0.5) is 5.82 Å². The van der Waals surface area contributed by atoms with Crippen LogP contribution in [-0.2, 0) is 20.9 Å². The topological polar surface area (TPSA) is 110 Å². The predicted molar refractivity (Wildman–Crippen MR) is 61.0 cm³/mol. The lowest BCUT2D eigenvalue weighted by Gasteiger charge is -2.10. The van der Waals surface area contributed by atoms with Crippen molar-refractivity contribution in [1.29, 1.82) is 0 Å². The van der Waals surface area contributed by atoms with Crippen LogP contribution in [-0.4, -0.2) is 45.5 Å². The number of nitrogens with zero attached hydrogens (tertiary/aromatic N) is 3. The van der Waals surface area contributed by atoms with E-state index in [1.807, 2.05) is 0 Å². The molecular formula is C10H13N5O3. The molecule has 1 saturated heterocycles. The highest BCUT2D eigenvalue weighted by molar-refractivity contribution is 6.06. The summed E-state index contributed by atoms with van der Waals surface area (Å²) in [5, 5.41) is 6.34. The number of rotatable bonds is 3. The number of nitrogens with one attached hydrogen (secondary N) is 1. The number of nitrogens with two attached hydrogens (primary N) is 1. The smallest absolute Gasteiger partial charge is 0.252 e. The van der Waals surface area contributed by atoms with Crippen LogP contribution in [0, 0.1) is 0 Å². The minimum Gasteiger partial charge on any atom is -0.382 e. The Morgan fingerprint density at radius 1 is 1.61 bits per heavy atom. The molecule has 2 heterocycles. The van der Waals surface area contributed by atoms with E-state index in [0.717, 1.165) is 4.90 Å². The first-order valence-corrected chi connectivity index (χ1v) is 5.36. The van der Waals surface area contributed by atoms with Gasteiger partial charge in [0.15, 0.2) is 0 Å². The van der Waals surface area contributed by atoms with Crippen molar-refractivity contribution in [1.82, 2.24) is 20.0 Å².